The summed E-state index contributed by atoms with van der Waals surface area (Å²) in [5, 5.41) is 2.58. The van der Waals surface area contributed by atoms with E-state index in [0.29, 0.717) is 12.0 Å². The smallest absolute Gasteiger partial charge is 0.311 e. The van der Waals surface area contributed by atoms with Crippen LogP contribution in [0.3, 0.4) is 0 Å². The highest BCUT2D eigenvalue weighted by molar-refractivity contribution is 5.90. The second-order valence-corrected chi connectivity index (χ2v) is 6.91. The van der Waals surface area contributed by atoms with Crippen molar-refractivity contribution >= 4 is 11.7 Å². The van der Waals surface area contributed by atoms with Crippen LogP contribution in [0.4, 0.5) is 32.2 Å². The Hall–Kier alpha value is -3.43. The van der Waals surface area contributed by atoms with Gasteiger partial charge in [-0.25, -0.2) is 9.97 Å². The molecular formula is C22H17F6N3O. The van der Waals surface area contributed by atoms with Crippen LogP contribution in [-0.4, -0.2) is 15.9 Å². The van der Waals surface area contributed by atoms with Crippen LogP contribution in [0.1, 0.15) is 30.9 Å². The highest BCUT2D eigenvalue weighted by Gasteiger charge is 2.31. The van der Waals surface area contributed by atoms with Crippen LogP contribution >= 0.6 is 0 Å². The minimum absolute atomic E-state index is 0.0166. The van der Waals surface area contributed by atoms with Crippen LogP contribution in [0.15, 0.2) is 54.6 Å². The first-order chi connectivity index (χ1) is 15.0. The minimum atomic E-state index is -4.51. The van der Waals surface area contributed by atoms with Crippen molar-refractivity contribution in [2.75, 3.05) is 5.32 Å². The van der Waals surface area contributed by atoms with Gasteiger partial charge in [0.05, 0.1) is 16.8 Å². The van der Waals surface area contributed by atoms with Gasteiger partial charge in [-0.05, 0) is 30.7 Å². The molecule has 3 aromatic rings. The Morgan fingerprint density at radius 1 is 0.812 bits per heavy atom. The Balaban J connectivity index is 2.04. The molecule has 1 amide bonds. The lowest BCUT2D eigenvalue weighted by Gasteiger charge is -2.12. The average Bonchev–Trinajstić information content (AvgIpc) is 2.72. The molecule has 1 heterocycles. The number of alkyl halides is 6. The predicted octanol–water partition coefficient (Wildman–Crippen LogP) is 6.59. The molecule has 0 saturated heterocycles. The summed E-state index contributed by atoms with van der Waals surface area (Å²) in [6, 6.07) is 9.74. The average molecular weight is 453 g/mol. The Morgan fingerprint density at radius 3 is 1.78 bits per heavy atom. The fraction of sp³-hybridized carbons (Fsp3) is 0.227. The third-order valence-corrected chi connectivity index (χ3v) is 4.45. The van der Waals surface area contributed by atoms with E-state index in [0.717, 1.165) is 24.3 Å². The highest BCUT2D eigenvalue weighted by atomic mass is 19.4. The highest BCUT2D eigenvalue weighted by Crippen LogP contribution is 2.33. The van der Waals surface area contributed by atoms with Crippen molar-refractivity contribution in [2.45, 2.75) is 32.1 Å². The minimum Gasteiger partial charge on any atom is -0.311 e. The molecule has 32 heavy (non-hydrogen) atoms. The number of hydrogen-bond donors (Lipinski definition) is 1. The lowest BCUT2D eigenvalue weighted by Crippen LogP contribution is -2.13. The molecule has 0 radical (unpaired) electrons. The third-order valence-electron chi connectivity index (χ3n) is 4.45. The van der Waals surface area contributed by atoms with Gasteiger partial charge in [0.15, 0.2) is 5.82 Å². The van der Waals surface area contributed by atoms with Crippen molar-refractivity contribution < 1.29 is 31.1 Å². The molecule has 4 nitrogen and oxygen atoms in total. The third kappa shape index (κ3) is 5.63. The van der Waals surface area contributed by atoms with E-state index in [4.69, 9.17) is 0 Å². The molecule has 0 saturated carbocycles. The number of aromatic nitrogens is 2. The largest absolute Gasteiger partial charge is 0.416 e. The van der Waals surface area contributed by atoms with Gasteiger partial charge in [0.25, 0.3) is 0 Å². The van der Waals surface area contributed by atoms with Crippen molar-refractivity contribution in [1.29, 1.82) is 0 Å². The van der Waals surface area contributed by atoms with Crippen molar-refractivity contribution in [2.24, 2.45) is 0 Å². The zero-order valence-electron chi connectivity index (χ0n) is 16.7. The maximum Gasteiger partial charge on any atom is 0.416 e. The predicted molar refractivity (Wildman–Crippen MR) is 106 cm³/mol. The zero-order valence-corrected chi connectivity index (χ0v) is 16.7. The Morgan fingerprint density at radius 2 is 1.31 bits per heavy atom. The lowest BCUT2D eigenvalue weighted by atomic mass is 10.1. The van der Waals surface area contributed by atoms with E-state index < -0.39 is 23.5 Å². The van der Waals surface area contributed by atoms with Crippen LogP contribution in [0.5, 0.6) is 0 Å². The van der Waals surface area contributed by atoms with E-state index in [9.17, 15) is 31.1 Å². The SMILES string of the molecule is CCCC(=O)Nc1cc(-c2ccc(C(F)(F)F)cc2)nc(-c2ccc(C(F)(F)F)cc2)n1. The fourth-order valence-corrected chi connectivity index (χ4v) is 2.86. The van der Waals surface area contributed by atoms with Crippen molar-refractivity contribution in [3.05, 3.63) is 65.7 Å². The summed E-state index contributed by atoms with van der Waals surface area (Å²) in [4.78, 5) is 20.5. The number of nitrogens with one attached hydrogen (secondary N) is 1. The molecule has 0 aliphatic rings. The standard InChI is InChI=1S/C22H17F6N3O/c1-2-3-19(32)30-18-12-17(13-4-8-15(9-5-13)21(23,24)25)29-20(31-18)14-6-10-16(11-7-14)22(26,27)28/h4-12H,2-3H2,1H3,(H,29,30,31,32). The quantitative estimate of drug-likeness (QED) is 0.444. The van der Waals surface area contributed by atoms with E-state index in [1.807, 2.05) is 0 Å². The molecule has 2 aromatic carbocycles. The van der Waals surface area contributed by atoms with Gasteiger partial charge in [0.2, 0.25) is 5.91 Å². The number of halogens is 6. The van der Waals surface area contributed by atoms with Crippen LogP contribution < -0.4 is 5.32 Å². The van der Waals surface area contributed by atoms with Crippen molar-refractivity contribution in [3.8, 4) is 22.6 Å². The molecule has 0 aliphatic carbocycles. The maximum atomic E-state index is 12.9. The maximum absolute atomic E-state index is 12.9. The van der Waals surface area contributed by atoms with Crippen molar-refractivity contribution in [3.63, 3.8) is 0 Å². The molecule has 0 spiro atoms. The van der Waals surface area contributed by atoms with Gasteiger partial charge in [0, 0.05) is 23.6 Å². The van der Waals surface area contributed by atoms with Gasteiger partial charge in [-0.1, -0.05) is 31.2 Å². The number of hydrogen-bond acceptors (Lipinski definition) is 3. The summed E-state index contributed by atoms with van der Waals surface area (Å²) in [6.45, 7) is 1.81. The number of carbonyl (C=O) groups excluding carboxylic acids is 1. The Kier molecular flexibility index (Phi) is 6.52. The van der Waals surface area contributed by atoms with Crippen molar-refractivity contribution in [1.82, 2.24) is 9.97 Å². The number of anilines is 1. The number of benzene rings is 2. The second kappa shape index (κ2) is 8.97. The number of nitrogens with zero attached hydrogens (tertiary/aromatic N) is 2. The summed E-state index contributed by atoms with van der Waals surface area (Å²) in [5.41, 5.74) is -0.918. The lowest BCUT2D eigenvalue weighted by molar-refractivity contribution is -0.138. The molecule has 1 N–H and O–H groups in total. The number of carbonyl (C=O) groups is 1. The van der Waals surface area contributed by atoms with E-state index in [-0.39, 0.29) is 35.2 Å². The van der Waals surface area contributed by atoms with E-state index in [1.54, 1.807) is 6.92 Å². The summed E-state index contributed by atoms with van der Waals surface area (Å²) in [7, 11) is 0. The topological polar surface area (TPSA) is 54.9 Å². The molecule has 3 rings (SSSR count). The summed E-state index contributed by atoms with van der Waals surface area (Å²) < 4.78 is 77.1. The Labute approximate surface area is 179 Å². The van der Waals surface area contributed by atoms with E-state index in [1.165, 1.54) is 30.3 Å². The normalized spacial score (nSPS) is 12.0. The monoisotopic (exact) mass is 453 g/mol. The first-order valence-electron chi connectivity index (χ1n) is 9.51. The second-order valence-electron chi connectivity index (χ2n) is 6.91. The van der Waals surface area contributed by atoms with Crippen LogP contribution in [0.2, 0.25) is 0 Å². The summed E-state index contributed by atoms with van der Waals surface area (Å²) >= 11 is 0. The Bertz CT molecular complexity index is 1010. The molecule has 0 unspecified atom stereocenters. The van der Waals surface area contributed by atoms with Crippen LogP contribution in [0, 0.1) is 0 Å². The van der Waals surface area contributed by atoms with Gasteiger partial charge < -0.3 is 5.32 Å². The first kappa shape index (κ1) is 23.2. The molecule has 10 heteroatoms. The molecule has 0 bridgehead atoms. The van der Waals surface area contributed by atoms with Gasteiger partial charge in [-0.2, -0.15) is 26.3 Å². The molecule has 0 atom stereocenters. The molecule has 0 fully saturated rings. The van der Waals surface area contributed by atoms with E-state index >= 15 is 0 Å². The molecular weight excluding hydrogens is 436 g/mol. The van der Waals surface area contributed by atoms with E-state index in [2.05, 4.69) is 15.3 Å². The summed E-state index contributed by atoms with van der Waals surface area (Å²) in [6.07, 6.45) is -8.22. The molecule has 168 valence electrons. The van der Waals surface area contributed by atoms with Gasteiger partial charge >= 0.3 is 12.4 Å². The fourth-order valence-electron chi connectivity index (χ4n) is 2.86. The van der Waals surface area contributed by atoms with Crippen LogP contribution in [-0.2, 0) is 17.1 Å². The van der Waals surface area contributed by atoms with Gasteiger partial charge in [-0.15, -0.1) is 0 Å². The summed E-state index contributed by atoms with van der Waals surface area (Å²) in [5.74, 6) is -0.228. The van der Waals surface area contributed by atoms with Gasteiger partial charge in [-0.3, -0.25) is 4.79 Å². The zero-order chi connectivity index (χ0) is 23.5. The molecule has 1 aromatic heterocycles. The van der Waals surface area contributed by atoms with Gasteiger partial charge in [0.1, 0.15) is 5.82 Å². The first-order valence-corrected chi connectivity index (χ1v) is 9.51. The number of rotatable bonds is 5. The molecule has 0 aliphatic heterocycles. The van der Waals surface area contributed by atoms with Crippen LogP contribution in [0.25, 0.3) is 22.6 Å². The number of amides is 1.